The van der Waals surface area contributed by atoms with Crippen LogP contribution in [0, 0.1) is 0 Å². The molecule has 1 aromatic carbocycles. The first-order chi connectivity index (χ1) is 8.27. The van der Waals surface area contributed by atoms with E-state index in [1.165, 1.54) is 0 Å². The normalized spacial score (nSPS) is 10.9. The first-order valence-electron chi connectivity index (χ1n) is 5.32. The third kappa shape index (κ3) is 1.45. The Morgan fingerprint density at radius 1 is 1.12 bits per heavy atom. The highest BCUT2D eigenvalue weighted by molar-refractivity contribution is 5.85. The van der Waals surface area contributed by atoms with Crippen molar-refractivity contribution >= 4 is 11.0 Å². The van der Waals surface area contributed by atoms with Crippen molar-refractivity contribution in [3.8, 4) is 17.1 Å². The van der Waals surface area contributed by atoms with Gasteiger partial charge in [-0.2, -0.15) is 0 Å². The molecule has 0 saturated carbocycles. The number of para-hydroxylation sites is 1. The summed E-state index contributed by atoms with van der Waals surface area (Å²) < 4.78 is 1.96. The fraction of sp³-hybridized carbons (Fsp3) is 0.0769. The molecule has 2 heterocycles. The largest absolute Gasteiger partial charge is 0.506 e. The molecule has 0 bridgehead atoms. The molecule has 0 spiro atoms. The Morgan fingerprint density at radius 2 is 1.88 bits per heavy atom. The van der Waals surface area contributed by atoms with Crippen LogP contribution in [-0.2, 0) is 7.05 Å². The minimum absolute atomic E-state index is 0.207. The number of nitrogens with zero attached hydrogens (tertiary/aromatic N) is 3. The first kappa shape index (κ1) is 9.84. The van der Waals surface area contributed by atoms with E-state index in [2.05, 4.69) is 9.97 Å². The summed E-state index contributed by atoms with van der Waals surface area (Å²) in [5.41, 5.74) is 2.52. The van der Waals surface area contributed by atoms with Crippen LogP contribution < -0.4 is 0 Å². The average molecular weight is 225 g/mol. The third-order valence-electron chi connectivity index (χ3n) is 2.83. The highest BCUT2D eigenvalue weighted by Gasteiger charge is 2.11. The summed E-state index contributed by atoms with van der Waals surface area (Å²) in [6, 6.07) is 9.20. The van der Waals surface area contributed by atoms with Gasteiger partial charge in [-0.15, -0.1) is 0 Å². The molecule has 0 saturated heterocycles. The molecule has 0 unspecified atom stereocenters. The SMILES string of the molecule is Cn1c(-c2ccncc2)nc2c(O)cccc21. The van der Waals surface area contributed by atoms with Crippen LogP contribution in [0.2, 0.25) is 0 Å². The number of phenolic OH excluding ortho intramolecular Hbond substituents is 1. The summed E-state index contributed by atoms with van der Waals surface area (Å²) in [7, 11) is 1.94. The maximum atomic E-state index is 9.77. The Bertz CT molecular complexity index is 674. The minimum Gasteiger partial charge on any atom is -0.506 e. The summed E-state index contributed by atoms with van der Waals surface area (Å²) in [5.74, 6) is 1.03. The molecule has 0 radical (unpaired) electrons. The van der Waals surface area contributed by atoms with Crippen LogP contribution >= 0.6 is 0 Å². The number of aryl methyl sites for hydroxylation is 1. The third-order valence-corrected chi connectivity index (χ3v) is 2.83. The van der Waals surface area contributed by atoms with Gasteiger partial charge in [-0.05, 0) is 24.3 Å². The zero-order valence-electron chi connectivity index (χ0n) is 9.33. The van der Waals surface area contributed by atoms with Gasteiger partial charge < -0.3 is 9.67 Å². The Balaban J connectivity index is 2.32. The van der Waals surface area contributed by atoms with E-state index in [0.29, 0.717) is 5.52 Å². The van der Waals surface area contributed by atoms with Gasteiger partial charge in [0.2, 0.25) is 0 Å². The molecule has 0 fully saturated rings. The number of benzene rings is 1. The number of imidazole rings is 1. The lowest BCUT2D eigenvalue weighted by molar-refractivity contribution is 0.480. The lowest BCUT2D eigenvalue weighted by Gasteiger charge is -2.01. The monoisotopic (exact) mass is 225 g/mol. The van der Waals surface area contributed by atoms with Crippen LogP contribution in [0.4, 0.5) is 0 Å². The predicted molar refractivity (Wildman–Crippen MR) is 65.6 cm³/mol. The second-order valence-corrected chi connectivity index (χ2v) is 3.88. The van der Waals surface area contributed by atoms with Crippen molar-refractivity contribution in [1.29, 1.82) is 0 Å². The number of hydrogen-bond donors (Lipinski definition) is 1. The number of fused-ring (bicyclic) bond motifs is 1. The van der Waals surface area contributed by atoms with Crippen LogP contribution in [0.1, 0.15) is 0 Å². The molecule has 3 rings (SSSR count). The van der Waals surface area contributed by atoms with Gasteiger partial charge in [0.15, 0.2) is 0 Å². The standard InChI is InChI=1S/C13H11N3O/c1-16-10-3-2-4-11(17)12(10)15-13(16)9-5-7-14-8-6-9/h2-8,17H,1H3. The molecular weight excluding hydrogens is 214 g/mol. The average Bonchev–Trinajstić information content (AvgIpc) is 2.70. The van der Waals surface area contributed by atoms with Gasteiger partial charge in [0.05, 0.1) is 5.52 Å². The molecule has 0 atom stereocenters. The molecule has 1 N–H and O–H groups in total. The van der Waals surface area contributed by atoms with Crippen molar-refractivity contribution in [3.05, 3.63) is 42.7 Å². The molecule has 84 valence electrons. The smallest absolute Gasteiger partial charge is 0.143 e. The molecule has 3 aromatic rings. The van der Waals surface area contributed by atoms with Crippen molar-refractivity contribution < 1.29 is 5.11 Å². The summed E-state index contributed by atoms with van der Waals surface area (Å²) in [4.78, 5) is 8.45. The van der Waals surface area contributed by atoms with E-state index in [-0.39, 0.29) is 5.75 Å². The second kappa shape index (κ2) is 3.59. The van der Waals surface area contributed by atoms with Gasteiger partial charge in [0, 0.05) is 25.0 Å². The summed E-state index contributed by atoms with van der Waals surface area (Å²) >= 11 is 0. The molecule has 2 aromatic heterocycles. The fourth-order valence-corrected chi connectivity index (χ4v) is 1.96. The summed E-state index contributed by atoms with van der Waals surface area (Å²) in [5, 5.41) is 9.77. The highest BCUT2D eigenvalue weighted by Crippen LogP contribution is 2.28. The number of aromatic nitrogens is 3. The Labute approximate surface area is 98.2 Å². The maximum Gasteiger partial charge on any atom is 0.143 e. The van der Waals surface area contributed by atoms with E-state index in [0.717, 1.165) is 16.9 Å². The minimum atomic E-state index is 0.207. The lowest BCUT2D eigenvalue weighted by atomic mass is 10.2. The Hall–Kier alpha value is -2.36. The Morgan fingerprint density at radius 3 is 2.59 bits per heavy atom. The molecule has 4 heteroatoms. The summed E-state index contributed by atoms with van der Waals surface area (Å²) in [6.45, 7) is 0. The van der Waals surface area contributed by atoms with Gasteiger partial charge in [0.1, 0.15) is 17.1 Å². The van der Waals surface area contributed by atoms with Gasteiger partial charge >= 0.3 is 0 Å². The molecule has 17 heavy (non-hydrogen) atoms. The van der Waals surface area contributed by atoms with Gasteiger partial charge in [-0.1, -0.05) is 6.07 Å². The number of phenols is 1. The molecule has 0 aliphatic rings. The topological polar surface area (TPSA) is 50.9 Å². The van der Waals surface area contributed by atoms with Crippen molar-refractivity contribution in [1.82, 2.24) is 14.5 Å². The summed E-state index contributed by atoms with van der Waals surface area (Å²) in [6.07, 6.45) is 3.46. The fourth-order valence-electron chi connectivity index (χ4n) is 1.96. The molecule has 0 amide bonds. The second-order valence-electron chi connectivity index (χ2n) is 3.88. The van der Waals surface area contributed by atoms with Crippen molar-refractivity contribution in [3.63, 3.8) is 0 Å². The number of hydrogen-bond acceptors (Lipinski definition) is 3. The molecule has 0 aliphatic heterocycles. The first-order valence-corrected chi connectivity index (χ1v) is 5.32. The van der Waals surface area contributed by atoms with Gasteiger partial charge in [-0.3, -0.25) is 4.98 Å². The predicted octanol–water partition coefficient (Wildman–Crippen LogP) is 2.34. The molecule has 0 aliphatic carbocycles. The zero-order chi connectivity index (χ0) is 11.8. The van der Waals surface area contributed by atoms with Crippen LogP contribution in [0.3, 0.4) is 0 Å². The quantitative estimate of drug-likeness (QED) is 0.691. The van der Waals surface area contributed by atoms with E-state index < -0.39 is 0 Å². The number of aromatic hydroxyl groups is 1. The van der Waals surface area contributed by atoms with E-state index in [1.54, 1.807) is 18.5 Å². The van der Waals surface area contributed by atoms with Crippen LogP contribution in [-0.4, -0.2) is 19.6 Å². The van der Waals surface area contributed by atoms with E-state index in [1.807, 2.05) is 35.9 Å². The van der Waals surface area contributed by atoms with E-state index in [4.69, 9.17) is 0 Å². The van der Waals surface area contributed by atoms with Crippen molar-refractivity contribution in [2.45, 2.75) is 0 Å². The van der Waals surface area contributed by atoms with Gasteiger partial charge in [-0.25, -0.2) is 4.98 Å². The zero-order valence-corrected chi connectivity index (χ0v) is 9.33. The van der Waals surface area contributed by atoms with Crippen LogP contribution in [0.5, 0.6) is 5.75 Å². The number of rotatable bonds is 1. The van der Waals surface area contributed by atoms with Crippen molar-refractivity contribution in [2.24, 2.45) is 7.05 Å². The van der Waals surface area contributed by atoms with E-state index in [9.17, 15) is 5.11 Å². The highest BCUT2D eigenvalue weighted by atomic mass is 16.3. The van der Waals surface area contributed by atoms with Crippen LogP contribution in [0.15, 0.2) is 42.7 Å². The van der Waals surface area contributed by atoms with Gasteiger partial charge in [0.25, 0.3) is 0 Å². The maximum absolute atomic E-state index is 9.77. The van der Waals surface area contributed by atoms with Crippen LogP contribution in [0.25, 0.3) is 22.4 Å². The van der Waals surface area contributed by atoms with Crippen molar-refractivity contribution in [2.75, 3.05) is 0 Å². The molecular formula is C13H11N3O. The number of pyridine rings is 1. The van der Waals surface area contributed by atoms with E-state index >= 15 is 0 Å². The Kier molecular flexibility index (Phi) is 2.08. The lowest BCUT2D eigenvalue weighted by Crippen LogP contribution is -1.92. The molecule has 4 nitrogen and oxygen atoms in total.